The van der Waals surface area contributed by atoms with E-state index in [0.29, 0.717) is 19.0 Å². The number of carbonyl (C=O) groups is 2. The van der Waals surface area contributed by atoms with Gasteiger partial charge in [-0.1, -0.05) is 6.07 Å². The first-order chi connectivity index (χ1) is 11.6. The standard InChI is InChI=1S/C17H23N3O4/c1-12-2-7-16(18-10-12)24-14-5-3-13(4-6-14)19-15(21)11-20-8-9-23-17(20)22/h2,7,10,13-14H,3-6,8-9,11H2,1H3,(H,19,21). The Morgan fingerprint density at radius 2 is 2.17 bits per heavy atom. The Balaban J connectivity index is 1.39. The second kappa shape index (κ2) is 7.51. The van der Waals surface area contributed by atoms with E-state index in [1.807, 2.05) is 19.1 Å². The molecular weight excluding hydrogens is 310 g/mol. The number of cyclic esters (lactones) is 1. The molecule has 3 rings (SSSR count). The minimum absolute atomic E-state index is 0.0720. The maximum Gasteiger partial charge on any atom is 0.410 e. The first-order valence-corrected chi connectivity index (χ1v) is 8.40. The molecule has 0 bridgehead atoms. The Kier molecular flexibility index (Phi) is 5.17. The van der Waals surface area contributed by atoms with Gasteiger partial charge in [-0.2, -0.15) is 0 Å². The Morgan fingerprint density at radius 3 is 2.79 bits per heavy atom. The van der Waals surface area contributed by atoms with Crippen molar-refractivity contribution in [2.45, 2.75) is 44.8 Å². The van der Waals surface area contributed by atoms with Gasteiger partial charge in [0.05, 0.1) is 6.54 Å². The highest BCUT2D eigenvalue weighted by atomic mass is 16.6. The molecular formula is C17H23N3O4. The van der Waals surface area contributed by atoms with E-state index in [0.717, 1.165) is 31.2 Å². The quantitative estimate of drug-likeness (QED) is 0.886. The molecule has 1 aromatic heterocycles. The molecule has 1 saturated heterocycles. The number of aryl methyl sites for hydroxylation is 1. The lowest BCUT2D eigenvalue weighted by Crippen LogP contribution is -2.44. The lowest BCUT2D eigenvalue weighted by atomic mass is 9.93. The number of pyridine rings is 1. The molecule has 2 heterocycles. The van der Waals surface area contributed by atoms with Crippen LogP contribution in [0.4, 0.5) is 4.79 Å². The van der Waals surface area contributed by atoms with E-state index in [9.17, 15) is 9.59 Å². The number of nitrogens with zero attached hydrogens (tertiary/aromatic N) is 2. The lowest BCUT2D eigenvalue weighted by Gasteiger charge is -2.29. The zero-order valence-electron chi connectivity index (χ0n) is 13.9. The molecule has 2 aliphatic rings. The first-order valence-electron chi connectivity index (χ1n) is 8.40. The predicted octanol–water partition coefficient (Wildman–Crippen LogP) is 1.65. The molecule has 1 aliphatic heterocycles. The van der Waals surface area contributed by atoms with Crippen molar-refractivity contribution in [3.63, 3.8) is 0 Å². The number of hydrogen-bond acceptors (Lipinski definition) is 5. The van der Waals surface area contributed by atoms with E-state index in [1.54, 1.807) is 6.20 Å². The Hall–Kier alpha value is -2.31. The summed E-state index contributed by atoms with van der Waals surface area (Å²) in [4.78, 5) is 29.0. The van der Waals surface area contributed by atoms with E-state index in [2.05, 4.69) is 10.3 Å². The molecule has 7 heteroatoms. The molecule has 7 nitrogen and oxygen atoms in total. The molecule has 1 N–H and O–H groups in total. The maximum absolute atomic E-state index is 12.0. The van der Waals surface area contributed by atoms with Gasteiger partial charge >= 0.3 is 6.09 Å². The maximum atomic E-state index is 12.0. The van der Waals surface area contributed by atoms with Gasteiger partial charge in [-0.15, -0.1) is 0 Å². The number of ether oxygens (including phenoxy) is 2. The average molecular weight is 333 g/mol. The highest BCUT2D eigenvalue weighted by Gasteiger charge is 2.27. The van der Waals surface area contributed by atoms with Crippen LogP contribution in [0.5, 0.6) is 5.88 Å². The van der Waals surface area contributed by atoms with Gasteiger partial charge in [0.1, 0.15) is 19.3 Å². The zero-order chi connectivity index (χ0) is 16.9. The summed E-state index contributed by atoms with van der Waals surface area (Å²) in [6.45, 7) is 2.91. The number of rotatable bonds is 5. The fraction of sp³-hybridized carbons (Fsp3) is 0.588. The van der Waals surface area contributed by atoms with Crippen LogP contribution in [-0.4, -0.2) is 53.7 Å². The van der Waals surface area contributed by atoms with Crippen LogP contribution in [0, 0.1) is 6.92 Å². The minimum Gasteiger partial charge on any atom is -0.474 e. The van der Waals surface area contributed by atoms with Crippen molar-refractivity contribution < 1.29 is 19.1 Å². The molecule has 0 atom stereocenters. The smallest absolute Gasteiger partial charge is 0.410 e. The van der Waals surface area contributed by atoms with Crippen LogP contribution < -0.4 is 10.1 Å². The number of amides is 2. The number of hydrogen-bond donors (Lipinski definition) is 1. The van der Waals surface area contributed by atoms with Crippen LogP contribution >= 0.6 is 0 Å². The van der Waals surface area contributed by atoms with Gasteiger partial charge in [0, 0.05) is 18.3 Å². The summed E-state index contributed by atoms with van der Waals surface area (Å²) in [5, 5.41) is 3.00. The van der Waals surface area contributed by atoms with Crippen molar-refractivity contribution in [1.29, 1.82) is 0 Å². The highest BCUT2D eigenvalue weighted by molar-refractivity contribution is 5.82. The highest BCUT2D eigenvalue weighted by Crippen LogP contribution is 2.23. The Bertz CT molecular complexity index is 582. The van der Waals surface area contributed by atoms with Gasteiger partial charge in [0.15, 0.2) is 0 Å². The number of nitrogens with one attached hydrogen (secondary N) is 1. The van der Waals surface area contributed by atoms with Crippen LogP contribution in [0.15, 0.2) is 18.3 Å². The molecule has 0 aromatic carbocycles. The summed E-state index contributed by atoms with van der Waals surface area (Å²) in [5.74, 6) is 0.527. The molecule has 0 unspecified atom stereocenters. The van der Waals surface area contributed by atoms with E-state index in [1.165, 1.54) is 4.90 Å². The molecule has 0 radical (unpaired) electrons. The fourth-order valence-corrected chi connectivity index (χ4v) is 3.04. The largest absolute Gasteiger partial charge is 0.474 e. The Labute approximate surface area is 141 Å². The van der Waals surface area contributed by atoms with E-state index in [4.69, 9.17) is 9.47 Å². The fourth-order valence-electron chi connectivity index (χ4n) is 3.04. The third-order valence-electron chi connectivity index (χ3n) is 4.39. The summed E-state index contributed by atoms with van der Waals surface area (Å²) in [6.07, 6.45) is 5.03. The molecule has 0 spiro atoms. The second-order valence-electron chi connectivity index (χ2n) is 6.37. The molecule has 2 amide bonds. The Morgan fingerprint density at radius 1 is 1.38 bits per heavy atom. The monoisotopic (exact) mass is 333 g/mol. The van der Waals surface area contributed by atoms with Gasteiger partial charge in [-0.05, 0) is 38.2 Å². The van der Waals surface area contributed by atoms with Crippen LogP contribution in [-0.2, 0) is 9.53 Å². The third-order valence-corrected chi connectivity index (χ3v) is 4.39. The molecule has 1 aliphatic carbocycles. The molecule has 130 valence electrons. The molecule has 1 saturated carbocycles. The van der Waals surface area contributed by atoms with Crippen LogP contribution in [0.3, 0.4) is 0 Å². The summed E-state index contributed by atoms with van der Waals surface area (Å²) >= 11 is 0. The first kappa shape index (κ1) is 16.5. The van der Waals surface area contributed by atoms with Crippen molar-refractivity contribution in [3.8, 4) is 5.88 Å². The van der Waals surface area contributed by atoms with Crippen molar-refractivity contribution >= 4 is 12.0 Å². The summed E-state index contributed by atoms with van der Waals surface area (Å²) < 4.78 is 10.7. The number of carbonyl (C=O) groups excluding carboxylic acids is 2. The van der Waals surface area contributed by atoms with Crippen molar-refractivity contribution in [3.05, 3.63) is 23.9 Å². The third kappa shape index (κ3) is 4.37. The van der Waals surface area contributed by atoms with Gasteiger partial charge in [0.2, 0.25) is 11.8 Å². The van der Waals surface area contributed by atoms with E-state index < -0.39 is 6.09 Å². The summed E-state index contributed by atoms with van der Waals surface area (Å²) in [5.41, 5.74) is 1.11. The topological polar surface area (TPSA) is 80.8 Å². The van der Waals surface area contributed by atoms with Crippen LogP contribution in [0.2, 0.25) is 0 Å². The molecule has 1 aromatic rings. The van der Waals surface area contributed by atoms with Crippen LogP contribution in [0.25, 0.3) is 0 Å². The second-order valence-corrected chi connectivity index (χ2v) is 6.37. The molecule has 2 fully saturated rings. The van der Waals surface area contributed by atoms with Gasteiger partial charge in [-0.25, -0.2) is 9.78 Å². The van der Waals surface area contributed by atoms with Crippen molar-refractivity contribution in [2.75, 3.05) is 19.7 Å². The summed E-state index contributed by atoms with van der Waals surface area (Å²) in [6, 6.07) is 4.01. The van der Waals surface area contributed by atoms with E-state index >= 15 is 0 Å². The lowest BCUT2D eigenvalue weighted by molar-refractivity contribution is -0.122. The minimum atomic E-state index is -0.409. The molecule has 24 heavy (non-hydrogen) atoms. The number of aromatic nitrogens is 1. The predicted molar refractivity (Wildman–Crippen MR) is 86.7 cm³/mol. The van der Waals surface area contributed by atoms with Gasteiger partial charge in [-0.3, -0.25) is 9.69 Å². The zero-order valence-corrected chi connectivity index (χ0v) is 13.9. The summed E-state index contributed by atoms with van der Waals surface area (Å²) in [7, 11) is 0. The van der Waals surface area contributed by atoms with Crippen LogP contribution in [0.1, 0.15) is 31.2 Å². The van der Waals surface area contributed by atoms with Gasteiger partial charge in [0.25, 0.3) is 0 Å². The van der Waals surface area contributed by atoms with Gasteiger partial charge < -0.3 is 14.8 Å². The van der Waals surface area contributed by atoms with Crippen molar-refractivity contribution in [2.24, 2.45) is 0 Å². The van der Waals surface area contributed by atoms with Crippen molar-refractivity contribution in [1.82, 2.24) is 15.2 Å². The normalized spacial score (nSPS) is 23.7. The average Bonchev–Trinajstić information content (AvgIpc) is 2.96. The SMILES string of the molecule is Cc1ccc(OC2CCC(NC(=O)CN3CCOC3=O)CC2)nc1. The van der Waals surface area contributed by atoms with E-state index in [-0.39, 0.29) is 24.6 Å².